The molecule has 0 saturated carbocycles. The van der Waals surface area contributed by atoms with Gasteiger partial charge in [-0.1, -0.05) is 50.2 Å². The van der Waals surface area contributed by atoms with Crippen molar-refractivity contribution in [2.75, 3.05) is 0 Å². The van der Waals surface area contributed by atoms with Crippen LogP contribution in [0, 0.1) is 0 Å². The summed E-state index contributed by atoms with van der Waals surface area (Å²) in [6, 6.07) is 10.5. The van der Waals surface area contributed by atoms with E-state index in [1.807, 2.05) is 13.8 Å². The Labute approximate surface area is 101 Å². The van der Waals surface area contributed by atoms with Crippen molar-refractivity contribution in [2.45, 2.75) is 27.2 Å². The summed E-state index contributed by atoms with van der Waals surface area (Å²) in [4.78, 5) is 0. The maximum atomic E-state index is 5.30. The van der Waals surface area contributed by atoms with E-state index >= 15 is 0 Å². The molecule has 0 amide bonds. The number of hydrogen-bond donors (Lipinski definition) is 0. The highest BCUT2D eigenvalue weighted by atomic mass is 16.5. The Kier molecular flexibility index (Phi) is 3.43. The number of fused-ring (bicyclic) bond motifs is 2. The van der Waals surface area contributed by atoms with Gasteiger partial charge in [0, 0.05) is 10.9 Å². The summed E-state index contributed by atoms with van der Waals surface area (Å²) >= 11 is 0. The molecule has 0 saturated heterocycles. The predicted octanol–water partition coefficient (Wildman–Crippen LogP) is 4.57. The smallest absolute Gasteiger partial charge is 0.170 e. The zero-order valence-corrected chi connectivity index (χ0v) is 10.5. The lowest BCUT2D eigenvalue weighted by Crippen LogP contribution is -1.84. The van der Waals surface area contributed by atoms with Gasteiger partial charge in [-0.3, -0.25) is 0 Å². The van der Waals surface area contributed by atoms with E-state index in [-0.39, 0.29) is 0 Å². The summed E-state index contributed by atoms with van der Waals surface area (Å²) in [5, 5.41) is 7.47. The van der Waals surface area contributed by atoms with Gasteiger partial charge in [0.2, 0.25) is 0 Å². The highest BCUT2D eigenvalue weighted by Gasteiger charge is 2.08. The molecule has 0 fully saturated rings. The van der Waals surface area contributed by atoms with Gasteiger partial charge in [0.05, 0.1) is 6.20 Å². The number of hydrogen-bond acceptors (Lipinski definition) is 2. The lowest BCUT2D eigenvalue weighted by molar-refractivity contribution is 0.454. The molecule has 3 aromatic rings. The van der Waals surface area contributed by atoms with Crippen LogP contribution in [0.25, 0.3) is 21.7 Å². The van der Waals surface area contributed by atoms with Crippen LogP contribution >= 0.6 is 0 Å². The highest BCUT2D eigenvalue weighted by Crippen LogP contribution is 2.28. The Balaban J connectivity index is 0.000000514. The van der Waals surface area contributed by atoms with E-state index < -0.39 is 0 Å². The maximum absolute atomic E-state index is 5.30. The van der Waals surface area contributed by atoms with Gasteiger partial charge in [-0.25, -0.2) is 0 Å². The minimum atomic E-state index is 0.927. The summed E-state index contributed by atoms with van der Waals surface area (Å²) in [5.41, 5.74) is 2.18. The number of rotatable bonds is 1. The van der Waals surface area contributed by atoms with Crippen molar-refractivity contribution in [3.05, 3.63) is 42.1 Å². The molecule has 1 aromatic heterocycles. The zero-order valence-electron chi connectivity index (χ0n) is 10.5. The minimum Gasteiger partial charge on any atom is -0.356 e. The Morgan fingerprint density at radius 1 is 1.12 bits per heavy atom. The Hall–Kier alpha value is -1.83. The molecule has 1 heterocycles. The fraction of sp³-hybridized carbons (Fsp3) is 0.267. The molecule has 0 unspecified atom stereocenters. The van der Waals surface area contributed by atoms with Crippen LogP contribution in [0.3, 0.4) is 0 Å². The molecule has 0 spiro atoms. The van der Waals surface area contributed by atoms with Crippen LogP contribution in [0.5, 0.6) is 0 Å². The van der Waals surface area contributed by atoms with Crippen molar-refractivity contribution >= 4 is 21.7 Å². The van der Waals surface area contributed by atoms with Crippen LogP contribution in [-0.2, 0) is 6.42 Å². The summed E-state index contributed by atoms with van der Waals surface area (Å²) in [6.07, 6.45) is 2.74. The molecule has 0 aliphatic heterocycles. The standard InChI is InChI=1S/C13H11NO.C2H6/c1-2-11-12-6-4-3-5-9(12)7-10-8-14-15-13(10)11;1-2/h3-8H,2H2,1H3;1-2H3. The van der Waals surface area contributed by atoms with E-state index in [1.165, 1.54) is 16.3 Å². The molecular weight excluding hydrogens is 210 g/mol. The third-order valence-electron chi connectivity index (χ3n) is 2.82. The third kappa shape index (κ3) is 1.91. The lowest BCUT2D eigenvalue weighted by atomic mass is 10.0. The topological polar surface area (TPSA) is 26.0 Å². The first-order chi connectivity index (χ1) is 8.40. The van der Waals surface area contributed by atoms with Gasteiger partial charge >= 0.3 is 0 Å². The first-order valence-electron chi connectivity index (χ1n) is 6.15. The summed E-state index contributed by atoms with van der Waals surface area (Å²) in [6.45, 7) is 6.14. The first-order valence-corrected chi connectivity index (χ1v) is 6.15. The average molecular weight is 227 g/mol. The van der Waals surface area contributed by atoms with Crippen LogP contribution in [0.1, 0.15) is 26.3 Å². The SMILES string of the molecule is CC.CCc1c2ccccc2cc2cnoc12. The van der Waals surface area contributed by atoms with Crippen LogP contribution in [0.15, 0.2) is 41.1 Å². The molecule has 0 N–H and O–H groups in total. The predicted molar refractivity (Wildman–Crippen MR) is 72.2 cm³/mol. The van der Waals surface area contributed by atoms with Crippen LogP contribution in [0.4, 0.5) is 0 Å². The van der Waals surface area contributed by atoms with E-state index in [1.54, 1.807) is 6.20 Å². The third-order valence-corrected chi connectivity index (χ3v) is 2.82. The van der Waals surface area contributed by atoms with Crippen LogP contribution in [0.2, 0.25) is 0 Å². The minimum absolute atomic E-state index is 0.927. The van der Waals surface area contributed by atoms with Crippen molar-refractivity contribution in [2.24, 2.45) is 0 Å². The number of nitrogens with zero attached hydrogens (tertiary/aromatic N) is 1. The zero-order chi connectivity index (χ0) is 12.3. The second-order valence-corrected chi connectivity index (χ2v) is 3.67. The van der Waals surface area contributed by atoms with Crippen molar-refractivity contribution in [1.29, 1.82) is 0 Å². The molecule has 2 heteroatoms. The molecule has 0 aliphatic carbocycles. The number of aryl methyl sites for hydroxylation is 1. The van der Waals surface area contributed by atoms with Gasteiger partial charge in [-0.05, 0) is 23.3 Å². The van der Waals surface area contributed by atoms with Crippen LogP contribution in [-0.4, -0.2) is 5.16 Å². The Morgan fingerprint density at radius 3 is 2.65 bits per heavy atom. The lowest BCUT2D eigenvalue weighted by Gasteiger charge is -2.03. The highest BCUT2D eigenvalue weighted by molar-refractivity contribution is 5.99. The summed E-state index contributed by atoms with van der Waals surface area (Å²) in [5.74, 6) is 0. The molecule has 0 bridgehead atoms. The molecule has 3 rings (SSSR count). The fourth-order valence-corrected chi connectivity index (χ4v) is 2.12. The summed E-state index contributed by atoms with van der Waals surface area (Å²) < 4.78 is 5.30. The van der Waals surface area contributed by atoms with Crippen molar-refractivity contribution < 1.29 is 4.52 Å². The van der Waals surface area contributed by atoms with Gasteiger partial charge in [-0.2, -0.15) is 0 Å². The molecule has 0 radical (unpaired) electrons. The van der Waals surface area contributed by atoms with Crippen LogP contribution < -0.4 is 0 Å². The van der Waals surface area contributed by atoms with Gasteiger partial charge in [0.15, 0.2) is 5.58 Å². The number of benzene rings is 2. The molecule has 2 nitrogen and oxygen atoms in total. The molecule has 17 heavy (non-hydrogen) atoms. The molecule has 2 aromatic carbocycles. The van der Waals surface area contributed by atoms with Crippen molar-refractivity contribution in [3.8, 4) is 0 Å². The number of aromatic nitrogens is 1. The average Bonchev–Trinajstić information content (AvgIpc) is 2.86. The monoisotopic (exact) mass is 227 g/mol. The fourth-order valence-electron chi connectivity index (χ4n) is 2.12. The van der Waals surface area contributed by atoms with Crippen molar-refractivity contribution in [1.82, 2.24) is 5.16 Å². The van der Waals surface area contributed by atoms with Gasteiger partial charge < -0.3 is 4.52 Å². The Bertz CT molecular complexity index is 625. The molecular formula is C15H17NO. The second-order valence-electron chi connectivity index (χ2n) is 3.67. The first kappa shape index (κ1) is 11.6. The molecule has 0 atom stereocenters. The van der Waals surface area contributed by atoms with Crippen molar-refractivity contribution in [3.63, 3.8) is 0 Å². The quantitative estimate of drug-likeness (QED) is 0.608. The van der Waals surface area contributed by atoms with Gasteiger partial charge in [0.1, 0.15) is 0 Å². The van der Waals surface area contributed by atoms with E-state index in [0.717, 1.165) is 17.4 Å². The molecule has 0 aliphatic rings. The Morgan fingerprint density at radius 2 is 1.88 bits per heavy atom. The molecule has 88 valence electrons. The van der Waals surface area contributed by atoms with E-state index in [2.05, 4.69) is 42.4 Å². The van der Waals surface area contributed by atoms with E-state index in [9.17, 15) is 0 Å². The van der Waals surface area contributed by atoms with Gasteiger partial charge in [-0.15, -0.1) is 0 Å². The maximum Gasteiger partial charge on any atom is 0.170 e. The normalized spacial score (nSPS) is 10.3. The van der Waals surface area contributed by atoms with Gasteiger partial charge in [0.25, 0.3) is 0 Å². The van der Waals surface area contributed by atoms with E-state index in [0.29, 0.717) is 0 Å². The largest absolute Gasteiger partial charge is 0.356 e. The second kappa shape index (κ2) is 5.00. The summed E-state index contributed by atoms with van der Waals surface area (Å²) in [7, 11) is 0. The van der Waals surface area contributed by atoms with E-state index in [4.69, 9.17) is 4.52 Å².